The second kappa shape index (κ2) is 7.76. The summed E-state index contributed by atoms with van der Waals surface area (Å²) in [5, 5.41) is 0. The van der Waals surface area contributed by atoms with E-state index in [1.165, 1.54) is 0 Å². The summed E-state index contributed by atoms with van der Waals surface area (Å²) in [5.41, 5.74) is 3.29. The van der Waals surface area contributed by atoms with Gasteiger partial charge in [0.25, 0.3) is 0 Å². The van der Waals surface area contributed by atoms with Gasteiger partial charge in [-0.05, 0) is 53.6 Å². The number of ether oxygens (including phenoxy) is 4. The topological polar surface area (TPSA) is 36.9 Å². The van der Waals surface area contributed by atoms with Crippen molar-refractivity contribution in [2.24, 2.45) is 0 Å². The molecule has 0 fully saturated rings. The smallest absolute Gasteiger partial charge is 0.135 e. The van der Waals surface area contributed by atoms with E-state index in [1.807, 2.05) is 42.5 Å². The minimum atomic E-state index is -0.160. The molecule has 0 aliphatic carbocycles. The average molecular weight is 441 g/mol. The number of benzene rings is 3. The summed E-state index contributed by atoms with van der Waals surface area (Å²) in [6.07, 6.45) is -0.160. The highest BCUT2D eigenvalue weighted by Crippen LogP contribution is 2.51. The molecule has 0 aromatic heterocycles. The monoisotopic (exact) mass is 440 g/mol. The molecule has 0 N–H and O–H groups in total. The fourth-order valence-corrected chi connectivity index (χ4v) is 4.03. The third kappa shape index (κ3) is 3.42. The third-order valence-corrected chi connectivity index (χ3v) is 5.53. The van der Waals surface area contributed by atoms with Crippen molar-refractivity contribution >= 4 is 15.9 Å². The Morgan fingerprint density at radius 2 is 1.36 bits per heavy atom. The largest absolute Gasteiger partial charge is 0.497 e. The minimum Gasteiger partial charge on any atom is -0.497 e. The van der Waals surface area contributed by atoms with Crippen molar-refractivity contribution in [1.29, 1.82) is 0 Å². The van der Waals surface area contributed by atoms with E-state index >= 15 is 0 Å². The molecule has 144 valence electrons. The summed E-state index contributed by atoms with van der Waals surface area (Å²) in [4.78, 5) is 0. The lowest BCUT2D eigenvalue weighted by molar-refractivity contribution is 0.222. The molecular formula is C23H21BrO4. The van der Waals surface area contributed by atoms with Gasteiger partial charge in [0, 0.05) is 16.1 Å². The Morgan fingerprint density at radius 3 is 1.96 bits per heavy atom. The zero-order valence-corrected chi connectivity index (χ0v) is 17.5. The molecule has 0 radical (unpaired) electrons. The molecule has 0 saturated carbocycles. The lowest BCUT2D eigenvalue weighted by Gasteiger charge is -2.21. The highest BCUT2D eigenvalue weighted by atomic mass is 79.9. The first-order chi connectivity index (χ1) is 13.6. The summed E-state index contributed by atoms with van der Waals surface area (Å²) >= 11 is 3.59. The maximum Gasteiger partial charge on any atom is 0.135 e. The van der Waals surface area contributed by atoms with Gasteiger partial charge in [-0.3, -0.25) is 0 Å². The van der Waals surface area contributed by atoms with Gasteiger partial charge in [-0.25, -0.2) is 0 Å². The lowest BCUT2D eigenvalue weighted by atomic mass is 9.85. The predicted octanol–water partition coefficient (Wildman–Crippen LogP) is 5.74. The highest BCUT2D eigenvalue weighted by molar-refractivity contribution is 9.10. The first kappa shape index (κ1) is 18.7. The zero-order chi connectivity index (χ0) is 19.7. The van der Waals surface area contributed by atoms with Crippen LogP contribution in [-0.2, 0) is 0 Å². The van der Waals surface area contributed by atoms with E-state index < -0.39 is 0 Å². The van der Waals surface area contributed by atoms with E-state index in [0.29, 0.717) is 0 Å². The maximum atomic E-state index is 6.39. The van der Waals surface area contributed by atoms with Crippen molar-refractivity contribution in [2.75, 3.05) is 21.3 Å². The Hall–Kier alpha value is -2.66. The molecule has 3 aromatic carbocycles. The number of halogens is 1. The molecule has 1 heterocycles. The van der Waals surface area contributed by atoms with Crippen molar-refractivity contribution in [3.8, 4) is 23.0 Å². The summed E-state index contributed by atoms with van der Waals surface area (Å²) in [5.74, 6) is 3.22. The van der Waals surface area contributed by atoms with Crippen LogP contribution in [0.1, 0.15) is 28.7 Å². The molecule has 1 aliphatic heterocycles. The fourth-order valence-electron chi connectivity index (χ4n) is 3.66. The summed E-state index contributed by atoms with van der Waals surface area (Å²) in [7, 11) is 4.99. The van der Waals surface area contributed by atoms with Crippen LogP contribution in [0.5, 0.6) is 23.0 Å². The maximum absolute atomic E-state index is 6.39. The van der Waals surface area contributed by atoms with Gasteiger partial charge in [-0.15, -0.1) is 0 Å². The van der Waals surface area contributed by atoms with Gasteiger partial charge in [0.1, 0.15) is 29.1 Å². The van der Waals surface area contributed by atoms with Crippen LogP contribution in [0, 0.1) is 0 Å². The van der Waals surface area contributed by atoms with E-state index in [4.69, 9.17) is 18.9 Å². The molecule has 0 bridgehead atoms. The first-order valence-corrected chi connectivity index (χ1v) is 9.75. The molecular weight excluding hydrogens is 420 g/mol. The van der Waals surface area contributed by atoms with Gasteiger partial charge in [-0.1, -0.05) is 28.1 Å². The highest BCUT2D eigenvalue weighted by Gasteiger charge is 2.37. The van der Waals surface area contributed by atoms with Gasteiger partial charge in [0.05, 0.1) is 27.2 Å². The van der Waals surface area contributed by atoms with Crippen LogP contribution < -0.4 is 18.9 Å². The molecule has 28 heavy (non-hydrogen) atoms. The minimum absolute atomic E-state index is 0.00453. The summed E-state index contributed by atoms with van der Waals surface area (Å²) < 4.78 is 23.7. The Labute approximate surface area is 173 Å². The summed E-state index contributed by atoms with van der Waals surface area (Å²) in [6, 6.07) is 20.1. The zero-order valence-electron chi connectivity index (χ0n) is 15.9. The molecule has 5 heteroatoms. The molecule has 4 nitrogen and oxygen atoms in total. The number of methoxy groups -OCH3 is 3. The van der Waals surface area contributed by atoms with Crippen LogP contribution >= 0.6 is 15.9 Å². The van der Waals surface area contributed by atoms with Crippen molar-refractivity contribution in [2.45, 2.75) is 12.0 Å². The second-order valence-corrected chi connectivity index (χ2v) is 7.53. The van der Waals surface area contributed by atoms with Gasteiger partial charge in [-0.2, -0.15) is 0 Å². The molecule has 0 saturated heterocycles. The van der Waals surface area contributed by atoms with Crippen LogP contribution in [0.2, 0.25) is 0 Å². The Morgan fingerprint density at radius 1 is 0.714 bits per heavy atom. The van der Waals surface area contributed by atoms with Gasteiger partial charge < -0.3 is 18.9 Å². The third-order valence-electron chi connectivity index (χ3n) is 5.04. The quantitative estimate of drug-likeness (QED) is 0.506. The Bertz CT molecular complexity index is 962. The standard InChI is InChI=1S/C23H21BrO4/c1-25-17-7-4-14(5-8-17)23-22(20-12-16(24)6-9-21(20)28-23)15-10-18(26-2)13-19(11-15)27-3/h4-13,22-23H,1-3H3/t22-,23-/m0/s1. The van der Waals surface area contributed by atoms with Crippen molar-refractivity contribution in [1.82, 2.24) is 0 Å². The van der Waals surface area contributed by atoms with Crippen molar-refractivity contribution in [3.05, 3.63) is 81.8 Å². The van der Waals surface area contributed by atoms with Crippen molar-refractivity contribution in [3.63, 3.8) is 0 Å². The van der Waals surface area contributed by atoms with Crippen LogP contribution in [-0.4, -0.2) is 21.3 Å². The Balaban J connectivity index is 1.85. The summed E-state index contributed by atoms with van der Waals surface area (Å²) in [6.45, 7) is 0. The average Bonchev–Trinajstić information content (AvgIpc) is 3.11. The van der Waals surface area contributed by atoms with E-state index in [1.54, 1.807) is 21.3 Å². The van der Waals surface area contributed by atoms with Gasteiger partial charge >= 0.3 is 0 Å². The van der Waals surface area contributed by atoms with E-state index in [-0.39, 0.29) is 12.0 Å². The van der Waals surface area contributed by atoms with Crippen LogP contribution in [0.4, 0.5) is 0 Å². The lowest BCUT2D eigenvalue weighted by Crippen LogP contribution is -2.11. The van der Waals surface area contributed by atoms with Gasteiger partial charge in [0.2, 0.25) is 0 Å². The SMILES string of the molecule is COc1ccc([C@@H]2Oc3ccc(Br)cc3[C@@H]2c2cc(OC)cc(OC)c2)cc1. The number of hydrogen-bond donors (Lipinski definition) is 0. The molecule has 1 aliphatic rings. The van der Waals surface area contributed by atoms with Crippen LogP contribution in [0.25, 0.3) is 0 Å². The van der Waals surface area contributed by atoms with Crippen LogP contribution in [0.3, 0.4) is 0 Å². The van der Waals surface area contributed by atoms with Crippen molar-refractivity contribution < 1.29 is 18.9 Å². The Kier molecular flexibility index (Phi) is 5.18. The molecule has 4 rings (SSSR count). The molecule has 0 spiro atoms. The fraction of sp³-hybridized carbons (Fsp3) is 0.217. The number of rotatable bonds is 5. The number of hydrogen-bond acceptors (Lipinski definition) is 4. The van der Waals surface area contributed by atoms with E-state index in [2.05, 4.69) is 34.1 Å². The predicted molar refractivity (Wildman–Crippen MR) is 112 cm³/mol. The molecule has 2 atom stereocenters. The van der Waals surface area contributed by atoms with E-state index in [9.17, 15) is 0 Å². The van der Waals surface area contributed by atoms with Crippen LogP contribution in [0.15, 0.2) is 65.1 Å². The first-order valence-electron chi connectivity index (χ1n) is 8.96. The normalized spacial score (nSPS) is 17.6. The molecule has 3 aromatic rings. The molecule has 0 unspecified atom stereocenters. The molecule has 0 amide bonds. The van der Waals surface area contributed by atoms with Gasteiger partial charge in [0.15, 0.2) is 0 Å². The number of fused-ring (bicyclic) bond motifs is 1. The van der Waals surface area contributed by atoms with E-state index in [0.717, 1.165) is 44.2 Å². The second-order valence-electron chi connectivity index (χ2n) is 6.62.